The predicted molar refractivity (Wildman–Crippen MR) is 136 cm³/mol. The lowest BCUT2D eigenvalue weighted by atomic mass is 10.2. The molecule has 0 saturated heterocycles. The first-order valence-corrected chi connectivity index (χ1v) is 12.3. The number of carbonyl (C=O) groups is 2. The summed E-state index contributed by atoms with van der Waals surface area (Å²) in [5.41, 5.74) is 1.41. The number of nitrogens with one attached hydrogen (secondary N) is 1. The minimum absolute atomic E-state index is 0.145. The van der Waals surface area contributed by atoms with Gasteiger partial charge in [0.25, 0.3) is 11.5 Å². The van der Waals surface area contributed by atoms with E-state index < -0.39 is 18.0 Å². The molecule has 9 heteroatoms. The van der Waals surface area contributed by atoms with Crippen molar-refractivity contribution >= 4 is 51.9 Å². The quantitative estimate of drug-likeness (QED) is 0.298. The molecule has 0 bridgehead atoms. The first-order chi connectivity index (χ1) is 16.4. The molecule has 174 valence electrons. The molecule has 0 aliphatic heterocycles. The van der Waals surface area contributed by atoms with Gasteiger partial charge in [0, 0.05) is 16.8 Å². The van der Waals surface area contributed by atoms with Crippen LogP contribution in [0.3, 0.4) is 0 Å². The van der Waals surface area contributed by atoms with Crippen LogP contribution in [0.2, 0.25) is 0 Å². The lowest BCUT2D eigenvalue weighted by Gasteiger charge is -2.14. The monoisotopic (exact) mass is 493 g/mol. The van der Waals surface area contributed by atoms with Crippen molar-refractivity contribution in [3.63, 3.8) is 0 Å². The molecular weight excluding hydrogens is 470 g/mol. The fraction of sp³-hybridized carbons (Fsp3) is 0.160. The van der Waals surface area contributed by atoms with E-state index in [0.29, 0.717) is 17.0 Å². The number of aromatic nitrogens is 2. The lowest BCUT2D eigenvalue weighted by Crippen LogP contribution is -2.32. The van der Waals surface area contributed by atoms with Crippen molar-refractivity contribution < 1.29 is 14.3 Å². The van der Waals surface area contributed by atoms with E-state index in [1.807, 2.05) is 65.4 Å². The molecule has 1 unspecified atom stereocenters. The third-order valence-electron chi connectivity index (χ3n) is 5.29. The van der Waals surface area contributed by atoms with E-state index in [4.69, 9.17) is 4.74 Å². The Balaban J connectivity index is 1.53. The molecule has 7 nitrogen and oxygen atoms in total. The highest BCUT2D eigenvalue weighted by molar-refractivity contribution is 7.12. The van der Waals surface area contributed by atoms with Crippen LogP contribution in [-0.4, -0.2) is 27.3 Å². The smallest absolute Gasteiger partial charge is 0.340 e. The average molecular weight is 494 g/mol. The summed E-state index contributed by atoms with van der Waals surface area (Å²) in [6, 6.07) is 16.6. The fourth-order valence-corrected chi connectivity index (χ4v) is 4.78. The maximum absolute atomic E-state index is 13.0. The van der Waals surface area contributed by atoms with Crippen molar-refractivity contribution in [1.82, 2.24) is 9.36 Å². The molecule has 0 aliphatic carbocycles. The topological polar surface area (TPSA) is 82.3 Å². The Labute approximate surface area is 204 Å². The number of nitrogens with zero attached hydrogens (tertiary/aromatic N) is 2. The van der Waals surface area contributed by atoms with E-state index in [1.165, 1.54) is 34.3 Å². The number of carbonyl (C=O) groups excluding carboxylic acids is 2. The summed E-state index contributed by atoms with van der Waals surface area (Å²) in [4.78, 5) is 40.6. The van der Waals surface area contributed by atoms with Crippen molar-refractivity contribution in [3.05, 3.63) is 91.2 Å². The second kappa shape index (κ2) is 10.1. The number of ether oxygens (including phenoxy) is 1. The normalized spacial score (nSPS) is 12.4. The molecule has 3 heterocycles. The van der Waals surface area contributed by atoms with Crippen LogP contribution in [0.1, 0.15) is 22.4 Å². The predicted octanol–water partition coefficient (Wildman–Crippen LogP) is 4.72. The van der Waals surface area contributed by atoms with Gasteiger partial charge in [0.05, 0.1) is 17.0 Å². The minimum Gasteiger partial charge on any atom is -0.449 e. The van der Waals surface area contributed by atoms with Gasteiger partial charge in [0.2, 0.25) is 0 Å². The molecule has 1 N–H and O–H groups in total. The summed E-state index contributed by atoms with van der Waals surface area (Å²) in [6.45, 7) is 3.23. The van der Waals surface area contributed by atoms with Crippen LogP contribution in [0.5, 0.6) is 0 Å². The summed E-state index contributed by atoms with van der Waals surface area (Å²) in [7, 11) is 1.74. The van der Waals surface area contributed by atoms with E-state index in [2.05, 4.69) is 5.32 Å². The second-order valence-electron chi connectivity index (χ2n) is 7.52. The van der Waals surface area contributed by atoms with Gasteiger partial charge in [-0.3, -0.25) is 14.3 Å². The first kappa shape index (κ1) is 23.5. The molecule has 4 aromatic rings. The zero-order valence-corrected chi connectivity index (χ0v) is 20.5. The van der Waals surface area contributed by atoms with E-state index >= 15 is 0 Å². The maximum Gasteiger partial charge on any atom is 0.340 e. The number of rotatable bonds is 7. The number of thiophene rings is 2. The van der Waals surface area contributed by atoms with Gasteiger partial charge in [0.15, 0.2) is 6.10 Å². The van der Waals surface area contributed by atoms with Crippen LogP contribution in [0.25, 0.3) is 17.3 Å². The Hall–Kier alpha value is -3.69. The fourth-order valence-electron chi connectivity index (χ4n) is 3.39. The van der Waals surface area contributed by atoms with Crippen LogP contribution in [0.15, 0.2) is 70.2 Å². The number of amides is 1. The Bertz CT molecular complexity index is 1380. The number of esters is 1. The van der Waals surface area contributed by atoms with E-state index in [-0.39, 0.29) is 11.2 Å². The van der Waals surface area contributed by atoms with Gasteiger partial charge < -0.3 is 10.1 Å². The SMILES string of the molecule is Cc1c(NC(=O)C(C)OC(=O)C(=Cc2cccs2)c2cccs2)c(=O)n(-c2ccccc2)n1C. The number of para-hydroxylation sites is 1. The molecule has 1 amide bonds. The third kappa shape index (κ3) is 4.80. The van der Waals surface area contributed by atoms with Crippen molar-refractivity contribution in [2.45, 2.75) is 20.0 Å². The maximum atomic E-state index is 13.0. The highest BCUT2D eigenvalue weighted by Gasteiger charge is 2.25. The number of benzene rings is 1. The van der Waals surface area contributed by atoms with Gasteiger partial charge in [-0.2, -0.15) is 0 Å². The van der Waals surface area contributed by atoms with Crippen LogP contribution in [-0.2, 0) is 21.4 Å². The summed E-state index contributed by atoms with van der Waals surface area (Å²) in [6.07, 6.45) is 0.645. The molecule has 0 saturated carbocycles. The Morgan fingerprint density at radius 3 is 2.38 bits per heavy atom. The largest absolute Gasteiger partial charge is 0.449 e. The third-order valence-corrected chi connectivity index (χ3v) is 7.01. The molecule has 3 aromatic heterocycles. The Morgan fingerprint density at radius 2 is 1.74 bits per heavy atom. The summed E-state index contributed by atoms with van der Waals surface area (Å²) in [5, 5.41) is 6.44. The van der Waals surface area contributed by atoms with E-state index in [0.717, 1.165) is 9.75 Å². The van der Waals surface area contributed by atoms with Crippen molar-refractivity contribution in [3.8, 4) is 5.69 Å². The molecular formula is C25H23N3O4S2. The summed E-state index contributed by atoms with van der Waals surface area (Å²) < 4.78 is 8.64. The molecule has 0 fully saturated rings. The molecule has 0 spiro atoms. The Morgan fingerprint density at radius 1 is 1.03 bits per heavy atom. The van der Waals surface area contributed by atoms with E-state index in [1.54, 1.807) is 24.7 Å². The van der Waals surface area contributed by atoms with Gasteiger partial charge in [-0.25, -0.2) is 9.48 Å². The minimum atomic E-state index is -1.11. The van der Waals surface area contributed by atoms with Crippen molar-refractivity contribution in [2.24, 2.45) is 7.05 Å². The van der Waals surface area contributed by atoms with Crippen LogP contribution < -0.4 is 10.9 Å². The van der Waals surface area contributed by atoms with Crippen molar-refractivity contribution in [1.29, 1.82) is 0 Å². The number of hydrogen-bond donors (Lipinski definition) is 1. The summed E-state index contributed by atoms with van der Waals surface area (Å²) >= 11 is 2.91. The van der Waals surface area contributed by atoms with Crippen LogP contribution >= 0.6 is 22.7 Å². The van der Waals surface area contributed by atoms with Gasteiger partial charge >= 0.3 is 5.97 Å². The molecule has 0 aliphatic rings. The first-order valence-electron chi connectivity index (χ1n) is 10.5. The van der Waals surface area contributed by atoms with Gasteiger partial charge in [-0.15, -0.1) is 22.7 Å². The molecule has 34 heavy (non-hydrogen) atoms. The van der Waals surface area contributed by atoms with Crippen LogP contribution in [0, 0.1) is 6.92 Å². The number of hydrogen-bond acceptors (Lipinski definition) is 6. The molecule has 0 radical (unpaired) electrons. The summed E-state index contributed by atoms with van der Waals surface area (Å²) in [5.74, 6) is -1.19. The van der Waals surface area contributed by atoms with Gasteiger partial charge in [0.1, 0.15) is 5.69 Å². The second-order valence-corrected chi connectivity index (χ2v) is 9.45. The zero-order valence-electron chi connectivity index (χ0n) is 18.8. The average Bonchev–Trinajstić information content (AvgIpc) is 3.58. The highest BCUT2D eigenvalue weighted by Crippen LogP contribution is 2.26. The van der Waals surface area contributed by atoms with Gasteiger partial charge in [-0.1, -0.05) is 30.3 Å². The molecule has 4 rings (SSSR count). The number of anilines is 1. The standard InChI is InChI=1S/C25H23N3O4S2/c1-16-22(24(30)28(27(16)3)18-9-5-4-6-10-18)26-23(29)17(2)32-25(31)20(21-12-8-14-34-21)15-19-11-7-13-33-19/h4-15,17H,1-3H3,(H,26,29). The van der Waals surface area contributed by atoms with Crippen LogP contribution in [0.4, 0.5) is 5.69 Å². The Kier molecular flexibility index (Phi) is 6.95. The van der Waals surface area contributed by atoms with Gasteiger partial charge in [-0.05, 0) is 54.9 Å². The molecule has 1 aromatic carbocycles. The molecule has 1 atom stereocenters. The highest BCUT2D eigenvalue weighted by atomic mass is 32.1. The zero-order chi connectivity index (χ0) is 24.2. The lowest BCUT2D eigenvalue weighted by molar-refractivity contribution is -0.147. The van der Waals surface area contributed by atoms with Crippen molar-refractivity contribution in [2.75, 3.05) is 5.32 Å². The van der Waals surface area contributed by atoms with E-state index in [9.17, 15) is 14.4 Å².